The smallest absolute Gasteiger partial charge is 0.240 e. The van der Waals surface area contributed by atoms with Crippen molar-refractivity contribution >= 4 is 24.2 Å². The van der Waals surface area contributed by atoms with Crippen molar-refractivity contribution in [2.24, 2.45) is 5.92 Å². The van der Waals surface area contributed by atoms with Gasteiger partial charge in [0, 0.05) is 25.6 Å². The van der Waals surface area contributed by atoms with Gasteiger partial charge in [-0.1, -0.05) is 6.92 Å². The van der Waals surface area contributed by atoms with Crippen molar-refractivity contribution < 1.29 is 14.3 Å². The minimum absolute atomic E-state index is 0. The predicted octanol–water partition coefficient (Wildman–Crippen LogP) is -0.0894. The van der Waals surface area contributed by atoms with Gasteiger partial charge in [0.1, 0.15) is 6.04 Å². The number of ether oxygens (including phenoxy) is 1. The fraction of sp³-hybridized carbons (Fsp3) is 0.857. The number of carbonyl (C=O) groups excluding carboxylic acids is 2. The maximum atomic E-state index is 12.2. The summed E-state index contributed by atoms with van der Waals surface area (Å²) in [4.78, 5) is 26.1. The van der Waals surface area contributed by atoms with Crippen LogP contribution in [0.5, 0.6) is 0 Å². The average molecular weight is 318 g/mol. The van der Waals surface area contributed by atoms with Crippen LogP contribution in [0.2, 0.25) is 0 Å². The van der Waals surface area contributed by atoms with E-state index in [1.165, 1.54) is 0 Å². The van der Waals surface area contributed by atoms with Gasteiger partial charge in [0.25, 0.3) is 0 Å². The number of amides is 2. The monoisotopic (exact) mass is 317 g/mol. The molecule has 21 heavy (non-hydrogen) atoms. The minimum Gasteiger partial charge on any atom is -0.375 e. The summed E-state index contributed by atoms with van der Waals surface area (Å²) in [6.07, 6.45) is 1.40. The number of hydrogen-bond donors (Lipinski definition) is 2. The van der Waals surface area contributed by atoms with Crippen molar-refractivity contribution in [2.45, 2.75) is 50.9 Å². The molecule has 1 aliphatic carbocycles. The van der Waals surface area contributed by atoms with Crippen LogP contribution in [0, 0.1) is 5.92 Å². The second kappa shape index (κ2) is 6.50. The van der Waals surface area contributed by atoms with Crippen LogP contribution in [-0.2, 0) is 14.3 Å². The Morgan fingerprint density at radius 2 is 2.14 bits per heavy atom. The normalized spacial score (nSPS) is 38.9. The largest absolute Gasteiger partial charge is 0.375 e. The lowest BCUT2D eigenvalue weighted by atomic mass is 10.1. The Balaban J connectivity index is 0.00000161. The molecule has 2 saturated heterocycles. The molecule has 2 N–H and O–H groups in total. The summed E-state index contributed by atoms with van der Waals surface area (Å²) >= 11 is 0. The Kier molecular flexibility index (Phi) is 5.11. The molecule has 3 aliphatic rings. The van der Waals surface area contributed by atoms with Crippen LogP contribution in [0.15, 0.2) is 0 Å². The van der Waals surface area contributed by atoms with E-state index >= 15 is 0 Å². The van der Waals surface area contributed by atoms with E-state index in [4.69, 9.17) is 4.74 Å². The third kappa shape index (κ3) is 3.49. The predicted molar refractivity (Wildman–Crippen MR) is 80.3 cm³/mol. The fourth-order valence-electron chi connectivity index (χ4n) is 3.20. The quantitative estimate of drug-likeness (QED) is 0.763. The van der Waals surface area contributed by atoms with Crippen LogP contribution in [0.25, 0.3) is 0 Å². The van der Waals surface area contributed by atoms with E-state index in [1.54, 1.807) is 0 Å². The maximum Gasteiger partial charge on any atom is 0.240 e. The first-order valence-corrected chi connectivity index (χ1v) is 7.51. The summed E-state index contributed by atoms with van der Waals surface area (Å²) in [5.74, 6) is 0.730. The third-order valence-corrected chi connectivity index (χ3v) is 4.57. The van der Waals surface area contributed by atoms with Gasteiger partial charge in [-0.15, -0.1) is 12.4 Å². The first kappa shape index (κ1) is 16.5. The molecule has 2 amide bonds. The Hall–Kier alpha value is -0.850. The highest BCUT2D eigenvalue weighted by Gasteiger charge is 2.45. The first-order chi connectivity index (χ1) is 9.56. The van der Waals surface area contributed by atoms with Crippen LogP contribution < -0.4 is 10.6 Å². The molecule has 2 heterocycles. The molecule has 120 valence electrons. The zero-order valence-corrected chi connectivity index (χ0v) is 13.3. The highest BCUT2D eigenvalue weighted by Crippen LogP contribution is 2.37. The number of halogens is 1. The van der Waals surface area contributed by atoms with E-state index in [1.807, 2.05) is 11.8 Å². The van der Waals surface area contributed by atoms with Crippen molar-refractivity contribution in [1.29, 1.82) is 0 Å². The number of rotatable bonds is 3. The van der Waals surface area contributed by atoms with Crippen LogP contribution in [0.3, 0.4) is 0 Å². The Morgan fingerprint density at radius 1 is 1.43 bits per heavy atom. The molecule has 0 aromatic rings. The van der Waals surface area contributed by atoms with E-state index in [0.717, 1.165) is 6.42 Å². The average Bonchev–Trinajstić information content (AvgIpc) is 3.01. The van der Waals surface area contributed by atoms with Crippen LogP contribution in [0.1, 0.15) is 26.7 Å². The highest BCUT2D eigenvalue weighted by atomic mass is 35.5. The number of hydrogen-bond acceptors (Lipinski definition) is 4. The van der Waals surface area contributed by atoms with Gasteiger partial charge < -0.3 is 20.3 Å². The number of morpholine rings is 1. The molecular formula is C14H24ClN3O3. The zero-order valence-electron chi connectivity index (χ0n) is 12.5. The van der Waals surface area contributed by atoms with Crippen molar-refractivity contribution in [2.75, 3.05) is 19.7 Å². The number of nitrogens with zero attached hydrogens (tertiary/aromatic N) is 1. The molecule has 3 unspecified atom stereocenters. The molecule has 6 nitrogen and oxygen atoms in total. The Bertz CT molecular complexity index is 420. The van der Waals surface area contributed by atoms with Crippen molar-refractivity contribution in [3.05, 3.63) is 0 Å². The highest BCUT2D eigenvalue weighted by molar-refractivity contribution is 5.86. The molecule has 0 spiro atoms. The van der Waals surface area contributed by atoms with E-state index in [0.29, 0.717) is 38.1 Å². The van der Waals surface area contributed by atoms with Crippen LogP contribution in [-0.4, -0.2) is 60.6 Å². The standard InChI is InChI=1S/C14H23N3O3.ClH/c1-8-5-11(8)17-7-10(6-12(17)18)16-14(19)13-9(2)20-4-3-15-13;/h8-11,13,15H,3-7H2,1-2H3,(H,16,19);1H/t8?,9-,10?,11?,13+;/m1./s1. The number of carbonyl (C=O) groups is 2. The summed E-state index contributed by atoms with van der Waals surface area (Å²) in [5.41, 5.74) is 0. The third-order valence-electron chi connectivity index (χ3n) is 4.57. The summed E-state index contributed by atoms with van der Waals surface area (Å²) in [6.45, 7) is 6.04. The first-order valence-electron chi connectivity index (χ1n) is 7.51. The van der Waals surface area contributed by atoms with Crippen molar-refractivity contribution in [3.63, 3.8) is 0 Å². The Morgan fingerprint density at radius 3 is 2.76 bits per heavy atom. The van der Waals surface area contributed by atoms with Gasteiger partial charge in [0.15, 0.2) is 0 Å². The number of nitrogens with one attached hydrogen (secondary N) is 2. The molecular weight excluding hydrogens is 294 g/mol. The molecule has 0 aromatic heterocycles. The second-order valence-corrected chi connectivity index (χ2v) is 6.24. The summed E-state index contributed by atoms with van der Waals surface area (Å²) < 4.78 is 5.48. The SMILES string of the molecule is CC1CC1N1CC(NC(=O)[C@H]2NCCO[C@@H]2C)CC1=O.Cl. The van der Waals surface area contributed by atoms with Gasteiger partial charge >= 0.3 is 0 Å². The van der Waals surface area contributed by atoms with Gasteiger partial charge in [-0.25, -0.2) is 0 Å². The van der Waals surface area contributed by atoms with Gasteiger partial charge in [-0.2, -0.15) is 0 Å². The second-order valence-electron chi connectivity index (χ2n) is 6.24. The summed E-state index contributed by atoms with van der Waals surface area (Å²) in [6, 6.07) is 0.0333. The topological polar surface area (TPSA) is 70.7 Å². The molecule has 7 heteroatoms. The minimum atomic E-state index is -0.312. The number of likely N-dealkylation sites (tertiary alicyclic amines) is 1. The molecule has 0 aromatic carbocycles. The molecule has 0 bridgehead atoms. The Labute approximate surface area is 131 Å². The van der Waals surface area contributed by atoms with Gasteiger partial charge in [0.05, 0.1) is 18.8 Å². The lowest BCUT2D eigenvalue weighted by Crippen LogP contribution is -2.57. The van der Waals surface area contributed by atoms with Crippen LogP contribution in [0.4, 0.5) is 0 Å². The fourth-order valence-corrected chi connectivity index (χ4v) is 3.20. The van der Waals surface area contributed by atoms with Gasteiger partial charge in [0.2, 0.25) is 11.8 Å². The lowest BCUT2D eigenvalue weighted by Gasteiger charge is -2.30. The molecule has 2 aliphatic heterocycles. The molecule has 1 saturated carbocycles. The molecule has 3 fully saturated rings. The van der Waals surface area contributed by atoms with Gasteiger partial charge in [-0.05, 0) is 19.3 Å². The lowest BCUT2D eigenvalue weighted by molar-refractivity contribution is -0.129. The maximum absolute atomic E-state index is 12.2. The van der Waals surface area contributed by atoms with Crippen molar-refractivity contribution in [1.82, 2.24) is 15.5 Å². The molecule has 3 rings (SSSR count). The zero-order chi connectivity index (χ0) is 14.3. The van der Waals surface area contributed by atoms with Crippen LogP contribution >= 0.6 is 12.4 Å². The summed E-state index contributed by atoms with van der Waals surface area (Å²) in [5, 5.41) is 6.16. The van der Waals surface area contributed by atoms with E-state index in [2.05, 4.69) is 17.6 Å². The van der Waals surface area contributed by atoms with Gasteiger partial charge in [-0.3, -0.25) is 9.59 Å². The van der Waals surface area contributed by atoms with Crippen molar-refractivity contribution in [3.8, 4) is 0 Å². The van der Waals surface area contributed by atoms with E-state index in [-0.39, 0.29) is 42.4 Å². The molecule has 0 radical (unpaired) electrons. The molecule has 5 atom stereocenters. The van der Waals surface area contributed by atoms with E-state index < -0.39 is 0 Å². The summed E-state index contributed by atoms with van der Waals surface area (Å²) in [7, 11) is 0. The van der Waals surface area contributed by atoms with E-state index in [9.17, 15) is 9.59 Å².